The van der Waals surface area contributed by atoms with Gasteiger partial charge in [0.05, 0.1) is 5.69 Å². The molecule has 74 valence electrons. The van der Waals surface area contributed by atoms with Crippen LogP contribution in [-0.4, -0.2) is 15.4 Å². The zero-order chi connectivity index (χ0) is 10.1. The van der Waals surface area contributed by atoms with Crippen molar-refractivity contribution < 1.29 is 0 Å². The van der Waals surface area contributed by atoms with E-state index in [9.17, 15) is 0 Å². The number of fused-ring (bicyclic) bond motifs is 1. The molecular weight excluding hydrogens is 174 g/mol. The Morgan fingerprint density at radius 1 is 1.57 bits per heavy atom. The minimum absolute atomic E-state index is 0.167. The second kappa shape index (κ2) is 3.42. The molecule has 2 N–H and O–H groups in total. The van der Waals surface area contributed by atoms with Crippen LogP contribution >= 0.6 is 0 Å². The summed E-state index contributed by atoms with van der Waals surface area (Å²) in [6.07, 6.45) is 4.90. The van der Waals surface area contributed by atoms with E-state index in [1.807, 2.05) is 29.8 Å². The molecule has 2 rings (SSSR count). The van der Waals surface area contributed by atoms with Crippen molar-refractivity contribution in [3.8, 4) is 0 Å². The Balaban J connectivity index is 2.46. The Hall–Kier alpha value is -1.35. The fourth-order valence-electron chi connectivity index (χ4n) is 1.63. The zero-order valence-electron chi connectivity index (χ0n) is 8.57. The van der Waals surface area contributed by atoms with Crippen molar-refractivity contribution in [2.24, 2.45) is 5.73 Å². The number of hydrogen-bond acceptors (Lipinski definition) is 2. The van der Waals surface area contributed by atoms with Crippen LogP contribution in [0.5, 0.6) is 0 Å². The molecule has 3 nitrogen and oxygen atoms in total. The molecule has 0 aliphatic carbocycles. The van der Waals surface area contributed by atoms with E-state index < -0.39 is 0 Å². The van der Waals surface area contributed by atoms with E-state index in [1.165, 1.54) is 5.56 Å². The van der Waals surface area contributed by atoms with Crippen molar-refractivity contribution in [3.05, 3.63) is 35.8 Å². The van der Waals surface area contributed by atoms with Crippen molar-refractivity contribution in [3.63, 3.8) is 0 Å². The van der Waals surface area contributed by atoms with E-state index >= 15 is 0 Å². The molecule has 1 unspecified atom stereocenters. The van der Waals surface area contributed by atoms with Gasteiger partial charge in [0, 0.05) is 24.9 Å². The Bertz CT molecular complexity index is 443. The lowest BCUT2D eigenvalue weighted by molar-refractivity contribution is 0.726. The van der Waals surface area contributed by atoms with E-state index in [2.05, 4.69) is 18.0 Å². The highest BCUT2D eigenvalue weighted by atomic mass is 15.0. The summed E-state index contributed by atoms with van der Waals surface area (Å²) in [6, 6.07) is 4.26. The summed E-state index contributed by atoms with van der Waals surface area (Å²) in [6.45, 7) is 4.06. The van der Waals surface area contributed by atoms with Crippen molar-refractivity contribution >= 4 is 5.65 Å². The smallest absolute Gasteiger partial charge is 0.139 e. The van der Waals surface area contributed by atoms with Gasteiger partial charge in [0.2, 0.25) is 0 Å². The van der Waals surface area contributed by atoms with Crippen LogP contribution in [0.3, 0.4) is 0 Å². The largest absolute Gasteiger partial charge is 0.328 e. The van der Waals surface area contributed by atoms with E-state index in [0.29, 0.717) is 0 Å². The molecule has 1 atom stereocenters. The average Bonchev–Trinajstić information content (AvgIpc) is 2.47. The molecule has 2 aromatic heterocycles. The Labute approximate surface area is 83.6 Å². The van der Waals surface area contributed by atoms with Crippen LogP contribution in [-0.2, 0) is 6.42 Å². The summed E-state index contributed by atoms with van der Waals surface area (Å²) >= 11 is 0. The molecule has 0 fully saturated rings. The number of aryl methyl sites for hydroxylation is 1. The molecule has 0 radical (unpaired) electrons. The SMILES string of the molecule is Cc1cccn2cc(CC(C)N)nc12. The van der Waals surface area contributed by atoms with Crippen molar-refractivity contribution in [1.82, 2.24) is 9.38 Å². The molecule has 0 saturated heterocycles. The first kappa shape index (κ1) is 9.21. The molecule has 0 amide bonds. The number of nitrogens with zero attached hydrogens (tertiary/aromatic N) is 2. The van der Waals surface area contributed by atoms with Gasteiger partial charge < -0.3 is 10.1 Å². The average molecular weight is 189 g/mol. The molecule has 3 heteroatoms. The summed E-state index contributed by atoms with van der Waals surface area (Å²) in [7, 11) is 0. The highest BCUT2D eigenvalue weighted by molar-refractivity contribution is 5.47. The number of imidazole rings is 1. The maximum atomic E-state index is 5.74. The predicted molar refractivity (Wildman–Crippen MR) is 57.3 cm³/mol. The van der Waals surface area contributed by atoms with E-state index in [-0.39, 0.29) is 6.04 Å². The fraction of sp³-hybridized carbons (Fsp3) is 0.364. The van der Waals surface area contributed by atoms with Crippen LogP contribution in [0.2, 0.25) is 0 Å². The predicted octanol–water partition coefficient (Wildman–Crippen LogP) is 1.53. The lowest BCUT2D eigenvalue weighted by Crippen LogP contribution is -2.17. The summed E-state index contributed by atoms with van der Waals surface area (Å²) in [5.74, 6) is 0. The van der Waals surface area contributed by atoms with Gasteiger partial charge in [-0.25, -0.2) is 4.98 Å². The van der Waals surface area contributed by atoms with Crippen LogP contribution in [0.4, 0.5) is 0 Å². The van der Waals surface area contributed by atoms with Crippen LogP contribution in [0, 0.1) is 6.92 Å². The molecule has 0 aliphatic rings. The highest BCUT2D eigenvalue weighted by Gasteiger charge is 2.04. The molecule has 14 heavy (non-hydrogen) atoms. The molecule has 2 heterocycles. The monoisotopic (exact) mass is 189 g/mol. The number of pyridine rings is 1. The first-order valence-electron chi connectivity index (χ1n) is 4.85. The normalized spacial score (nSPS) is 13.4. The van der Waals surface area contributed by atoms with Gasteiger partial charge in [-0.15, -0.1) is 0 Å². The zero-order valence-corrected chi connectivity index (χ0v) is 8.57. The maximum Gasteiger partial charge on any atom is 0.139 e. The second-order valence-electron chi connectivity index (χ2n) is 3.84. The lowest BCUT2D eigenvalue weighted by Gasteiger charge is -1.98. The minimum atomic E-state index is 0.167. The van der Waals surface area contributed by atoms with Crippen molar-refractivity contribution in [2.45, 2.75) is 26.3 Å². The Morgan fingerprint density at radius 2 is 2.36 bits per heavy atom. The van der Waals surface area contributed by atoms with E-state index in [0.717, 1.165) is 17.8 Å². The van der Waals surface area contributed by atoms with Gasteiger partial charge in [-0.3, -0.25) is 0 Å². The Morgan fingerprint density at radius 3 is 3.00 bits per heavy atom. The quantitative estimate of drug-likeness (QED) is 0.778. The van der Waals surface area contributed by atoms with E-state index in [1.54, 1.807) is 0 Å². The minimum Gasteiger partial charge on any atom is -0.328 e. The number of hydrogen-bond donors (Lipinski definition) is 1. The van der Waals surface area contributed by atoms with Crippen LogP contribution < -0.4 is 5.73 Å². The molecule has 2 aromatic rings. The van der Waals surface area contributed by atoms with Gasteiger partial charge in [0.1, 0.15) is 5.65 Å². The van der Waals surface area contributed by atoms with Crippen LogP contribution in [0.1, 0.15) is 18.2 Å². The summed E-state index contributed by atoms with van der Waals surface area (Å²) in [4.78, 5) is 4.54. The van der Waals surface area contributed by atoms with Crippen LogP contribution in [0.25, 0.3) is 5.65 Å². The first-order valence-corrected chi connectivity index (χ1v) is 4.85. The van der Waals surface area contributed by atoms with Gasteiger partial charge in [-0.1, -0.05) is 6.07 Å². The molecule has 0 aromatic carbocycles. The number of nitrogens with two attached hydrogens (primary N) is 1. The third kappa shape index (κ3) is 1.63. The third-order valence-electron chi connectivity index (χ3n) is 2.26. The molecule has 0 spiro atoms. The van der Waals surface area contributed by atoms with Gasteiger partial charge in [0.15, 0.2) is 0 Å². The topological polar surface area (TPSA) is 43.3 Å². The lowest BCUT2D eigenvalue weighted by atomic mass is 10.2. The van der Waals surface area contributed by atoms with Gasteiger partial charge >= 0.3 is 0 Å². The molecular formula is C11H15N3. The molecule has 0 bridgehead atoms. The molecule has 0 saturated carbocycles. The first-order chi connectivity index (χ1) is 6.66. The van der Waals surface area contributed by atoms with Crippen LogP contribution in [0.15, 0.2) is 24.5 Å². The molecule has 0 aliphatic heterocycles. The van der Waals surface area contributed by atoms with Gasteiger partial charge in [-0.05, 0) is 25.5 Å². The summed E-state index contributed by atoms with van der Waals surface area (Å²) < 4.78 is 2.05. The highest BCUT2D eigenvalue weighted by Crippen LogP contribution is 2.10. The third-order valence-corrected chi connectivity index (χ3v) is 2.26. The van der Waals surface area contributed by atoms with Gasteiger partial charge in [0.25, 0.3) is 0 Å². The van der Waals surface area contributed by atoms with Gasteiger partial charge in [-0.2, -0.15) is 0 Å². The second-order valence-corrected chi connectivity index (χ2v) is 3.84. The summed E-state index contributed by atoms with van der Waals surface area (Å²) in [5, 5.41) is 0. The summed E-state index contributed by atoms with van der Waals surface area (Å²) in [5.41, 5.74) is 9.03. The number of rotatable bonds is 2. The Kier molecular flexibility index (Phi) is 2.25. The van der Waals surface area contributed by atoms with E-state index in [4.69, 9.17) is 5.73 Å². The van der Waals surface area contributed by atoms with Crippen molar-refractivity contribution in [2.75, 3.05) is 0 Å². The number of aromatic nitrogens is 2. The van der Waals surface area contributed by atoms with Crippen molar-refractivity contribution in [1.29, 1.82) is 0 Å². The fourth-order valence-corrected chi connectivity index (χ4v) is 1.63. The standard InChI is InChI=1S/C11H15N3/c1-8-4-3-5-14-7-10(6-9(2)12)13-11(8)14/h3-5,7,9H,6,12H2,1-2H3. The maximum absolute atomic E-state index is 5.74.